The van der Waals surface area contributed by atoms with Crippen LogP contribution in [0.15, 0.2) is 18.2 Å². The number of hydrogen-bond acceptors (Lipinski definition) is 3. The van der Waals surface area contributed by atoms with E-state index in [-0.39, 0.29) is 0 Å². The number of nitrogen functional groups attached to an aromatic ring is 2. The molecule has 2 aromatic rings. The SMILES string of the molecule is Cc1cc(Cl)ccc1-c1nc(C2CCCC2)n(N)c1N. The van der Waals surface area contributed by atoms with Crippen LogP contribution in [0.5, 0.6) is 0 Å². The molecule has 1 aliphatic rings. The van der Waals surface area contributed by atoms with E-state index in [1.165, 1.54) is 12.8 Å². The molecule has 1 aromatic carbocycles. The maximum atomic E-state index is 6.15. The van der Waals surface area contributed by atoms with Crippen LogP contribution in [0.4, 0.5) is 5.82 Å². The molecule has 0 radical (unpaired) electrons. The monoisotopic (exact) mass is 290 g/mol. The van der Waals surface area contributed by atoms with Gasteiger partial charge in [0.05, 0.1) is 0 Å². The van der Waals surface area contributed by atoms with Crippen molar-refractivity contribution in [3.05, 3.63) is 34.6 Å². The number of nitrogens with zero attached hydrogens (tertiary/aromatic N) is 2. The summed E-state index contributed by atoms with van der Waals surface area (Å²) in [5.41, 5.74) is 8.97. The third kappa shape index (κ3) is 2.14. The molecule has 0 unspecified atom stereocenters. The number of aryl methyl sites for hydroxylation is 1. The van der Waals surface area contributed by atoms with Gasteiger partial charge in [-0.15, -0.1) is 0 Å². The van der Waals surface area contributed by atoms with Crippen LogP contribution in [-0.2, 0) is 0 Å². The fourth-order valence-corrected chi connectivity index (χ4v) is 3.25. The Morgan fingerprint density at radius 3 is 2.65 bits per heavy atom. The van der Waals surface area contributed by atoms with Crippen molar-refractivity contribution in [3.8, 4) is 11.3 Å². The van der Waals surface area contributed by atoms with E-state index in [0.29, 0.717) is 16.8 Å². The lowest BCUT2D eigenvalue weighted by atomic mass is 10.1. The van der Waals surface area contributed by atoms with Crippen LogP contribution >= 0.6 is 11.6 Å². The second-order valence-corrected chi connectivity index (χ2v) is 5.95. The topological polar surface area (TPSA) is 69.9 Å². The lowest BCUT2D eigenvalue weighted by molar-refractivity contribution is 0.648. The van der Waals surface area contributed by atoms with Gasteiger partial charge in [0.1, 0.15) is 11.5 Å². The quantitative estimate of drug-likeness (QED) is 0.832. The minimum Gasteiger partial charge on any atom is -0.382 e. The lowest BCUT2D eigenvalue weighted by Crippen LogP contribution is -2.17. The Morgan fingerprint density at radius 1 is 1.30 bits per heavy atom. The summed E-state index contributed by atoms with van der Waals surface area (Å²) in [7, 11) is 0. The first-order valence-corrected chi connectivity index (χ1v) is 7.35. The molecular weight excluding hydrogens is 272 g/mol. The van der Waals surface area contributed by atoms with Gasteiger partial charge in [0.2, 0.25) is 0 Å². The van der Waals surface area contributed by atoms with Gasteiger partial charge in [0, 0.05) is 16.5 Å². The highest BCUT2D eigenvalue weighted by Gasteiger charge is 2.25. The van der Waals surface area contributed by atoms with Crippen LogP contribution in [0.3, 0.4) is 0 Å². The third-order valence-corrected chi connectivity index (χ3v) is 4.37. The molecule has 1 aromatic heterocycles. The summed E-state index contributed by atoms with van der Waals surface area (Å²) in [5, 5.41) is 0.716. The second kappa shape index (κ2) is 5.02. The van der Waals surface area contributed by atoms with Crippen molar-refractivity contribution in [2.45, 2.75) is 38.5 Å². The van der Waals surface area contributed by atoms with E-state index in [1.807, 2.05) is 25.1 Å². The first kappa shape index (κ1) is 13.3. The van der Waals surface area contributed by atoms with Crippen molar-refractivity contribution >= 4 is 17.4 Å². The molecule has 4 N–H and O–H groups in total. The van der Waals surface area contributed by atoms with Crippen molar-refractivity contribution in [2.75, 3.05) is 11.6 Å². The van der Waals surface area contributed by atoms with E-state index in [9.17, 15) is 0 Å². The predicted octanol–water partition coefficient (Wildman–Crippen LogP) is 3.47. The molecule has 0 amide bonds. The summed E-state index contributed by atoms with van der Waals surface area (Å²) in [4.78, 5) is 4.72. The first-order valence-electron chi connectivity index (χ1n) is 6.97. The van der Waals surface area contributed by atoms with Crippen molar-refractivity contribution in [1.29, 1.82) is 0 Å². The molecule has 0 aliphatic heterocycles. The van der Waals surface area contributed by atoms with Crippen LogP contribution in [0, 0.1) is 6.92 Å². The molecule has 5 heteroatoms. The molecule has 1 aliphatic carbocycles. The molecule has 4 nitrogen and oxygen atoms in total. The van der Waals surface area contributed by atoms with Gasteiger partial charge in [-0.05, 0) is 37.5 Å². The van der Waals surface area contributed by atoms with Gasteiger partial charge in [-0.1, -0.05) is 30.5 Å². The Morgan fingerprint density at radius 2 is 2.00 bits per heavy atom. The predicted molar refractivity (Wildman–Crippen MR) is 83.2 cm³/mol. The summed E-state index contributed by atoms with van der Waals surface area (Å²) in [6.45, 7) is 2.01. The van der Waals surface area contributed by atoms with Gasteiger partial charge in [-0.3, -0.25) is 0 Å². The summed E-state index contributed by atoms with van der Waals surface area (Å²) >= 11 is 6.00. The number of imidazole rings is 1. The van der Waals surface area contributed by atoms with Crippen LogP contribution in [0.1, 0.15) is 43.0 Å². The number of anilines is 1. The molecular formula is C15H19ClN4. The average Bonchev–Trinajstić information content (AvgIpc) is 3.01. The molecule has 106 valence electrons. The fraction of sp³-hybridized carbons (Fsp3) is 0.400. The zero-order valence-corrected chi connectivity index (χ0v) is 12.3. The number of nitrogens with two attached hydrogens (primary N) is 2. The number of halogens is 1. The van der Waals surface area contributed by atoms with Crippen molar-refractivity contribution in [1.82, 2.24) is 9.66 Å². The van der Waals surface area contributed by atoms with Crippen LogP contribution < -0.4 is 11.6 Å². The highest BCUT2D eigenvalue weighted by molar-refractivity contribution is 6.30. The zero-order chi connectivity index (χ0) is 14.3. The van der Waals surface area contributed by atoms with Crippen LogP contribution in [-0.4, -0.2) is 9.66 Å². The molecule has 0 saturated heterocycles. The van der Waals surface area contributed by atoms with E-state index in [0.717, 1.165) is 35.5 Å². The first-order chi connectivity index (χ1) is 9.58. The van der Waals surface area contributed by atoms with Crippen molar-refractivity contribution in [2.24, 2.45) is 0 Å². The standard InChI is InChI=1S/C15H19ClN4/c1-9-8-11(16)6-7-12(9)13-14(17)20(18)15(19-13)10-4-2-3-5-10/h6-8,10H,2-5,17-18H2,1H3. The molecule has 20 heavy (non-hydrogen) atoms. The third-order valence-electron chi connectivity index (χ3n) is 4.14. The van der Waals surface area contributed by atoms with E-state index < -0.39 is 0 Å². The largest absolute Gasteiger partial charge is 0.382 e. The van der Waals surface area contributed by atoms with Crippen LogP contribution in [0.2, 0.25) is 5.02 Å². The maximum Gasteiger partial charge on any atom is 0.150 e. The molecule has 0 bridgehead atoms. The van der Waals surface area contributed by atoms with Gasteiger partial charge in [-0.2, -0.15) is 0 Å². The van der Waals surface area contributed by atoms with Crippen LogP contribution in [0.25, 0.3) is 11.3 Å². The second-order valence-electron chi connectivity index (χ2n) is 5.51. The minimum absolute atomic E-state index is 0.434. The Balaban J connectivity index is 2.07. The summed E-state index contributed by atoms with van der Waals surface area (Å²) in [5.74, 6) is 7.97. The Labute approximate surface area is 123 Å². The number of aromatic nitrogens is 2. The molecule has 0 spiro atoms. The number of rotatable bonds is 2. The summed E-state index contributed by atoms with van der Waals surface area (Å²) in [6.07, 6.45) is 4.78. The normalized spacial score (nSPS) is 15.9. The highest BCUT2D eigenvalue weighted by atomic mass is 35.5. The van der Waals surface area contributed by atoms with Gasteiger partial charge in [0.25, 0.3) is 0 Å². The number of benzene rings is 1. The lowest BCUT2D eigenvalue weighted by Gasteiger charge is -2.08. The molecule has 3 rings (SSSR count). The van der Waals surface area contributed by atoms with E-state index in [2.05, 4.69) is 0 Å². The number of hydrogen-bond donors (Lipinski definition) is 2. The Bertz CT molecular complexity index is 642. The van der Waals surface area contributed by atoms with Crippen molar-refractivity contribution in [3.63, 3.8) is 0 Å². The molecule has 1 fully saturated rings. The summed E-state index contributed by atoms with van der Waals surface area (Å²) in [6, 6.07) is 5.73. The fourth-order valence-electron chi connectivity index (χ4n) is 3.03. The Kier molecular flexibility index (Phi) is 3.34. The van der Waals surface area contributed by atoms with Gasteiger partial charge in [0.15, 0.2) is 5.82 Å². The molecule has 1 heterocycles. The van der Waals surface area contributed by atoms with E-state index in [4.69, 9.17) is 28.2 Å². The molecule has 0 atom stereocenters. The summed E-state index contributed by atoms with van der Waals surface area (Å²) < 4.78 is 1.55. The van der Waals surface area contributed by atoms with E-state index in [1.54, 1.807) is 4.68 Å². The average molecular weight is 291 g/mol. The van der Waals surface area contributed by atoms with Crippen molar-refractivity contribution < 1.29 is 0 Å². The van der Waals surface area contributed by atoms with Gasteiger partial charge >= 0.3 is 0 Å². The minimum atomic E-state index is 0.434. The zero-order valence-electron chi connectivity index (χ0n) is 11.6. The highest BCUT2D eigenvalue weighted by Crippen LogP contribution is 2.37. The van der Waals surface area contributed by atoms with Gasteiger partial charge in [-0.25, -0.2) is 9.66 Å². The van der Waals surface area contributed by atoms with E-state index >= 15 is 0 Å². The molecule has 1 saturated carbocycles. The Hall–Kier alpha value is -1.68. The van der Waals surface area contributed by atoms with Gasteiger partial charge < -0.3 is 11.6 Å². The maximum absolute atomic E-state index is 6.15. The smallest absolute Gasteiger partial charge is 0.150 e.